The second-order valence-electron chi connectivity index (χ2n) is 10.6. The van der Waals surface area contributed by atoms with Gasteiger partial charge in [0.15, 0.2) is 0 Å². The first-order valence-corrected chi connectivity index (χ1v) is 14.8. The highest BCUT2D eigenvalue weighted by molar-refractivity contribution is 6.42. The second-order valence-corrected chi connectivity index (χ2v) is 11.4. The maximum atomic E-state index is 11.3. The van der Waals surface area contributed by atoms with Crippen molar-refractivity contribution < 1.29 is 9.90 Å². The van der Waals surface area contributed by atoms with Crippen molar-refractivity contribution in [3.8, 4) is 33.8 Å². The maximum Gasteiger partial charge on any atom is 0.335 e. The highest BCUT2D eigenvalue weighted by Crippen LogP contribution is 2.36. The third kappa shape index (κ3) is 5.89. The number of aromatic nitrogens is 4. The number of aromatic amines is 1. The molecule has 0 spiro atoms. The lowest BCUT2D eigenvalue weighted by atomic mass is 9.95. The number of benzene rings is 3. The molecule has 2 heterocycles. The van der Waals surface area contributed by atoms with Gasteiger partial charge < -0.3 is 15.0 Å². The Morgan fingerprint density at radius 2 is 1.71 bits per heavy atom. The Bertz CT molecular complexity index is 1690. The average Bonchev–Trinajstić information content (AvgIpc) is 3.62. The van der Waals surface area contributed by atoms with E-state index in [1.54, 1.807) is 24.4 Å². The number of nitrogens with zero attached hydrogens (tertiary/aromatic N) is 3. The van der Waals surface area contributed by atoms with Crippen LogP contribution in [0.3, 0.4) is 0 Å². The first-order valence-electron chi connectivity index (χ1n) is 14.0. The van der Waals surface area contributed by atoms with Gasteiger partial charge in [-0.15, -0.1) is 0 Å². The summed E-state index contributed by atoms with van der Waals surface area (Å²) in [6, 6.07) is 19.3. The number of H-pyrrole nitrogens is 1. The van der Waals surface area contributed by atoms with Gasteiger partial charge in [0.05, 0.1) is 44.1 Å². The van der Waals surface area contributed by atoms with Gasteiger partial charge in [0, 0.05) is 18.2 Å². The molecule has 1 aliphatic rings. The van der Waals surface area contributed by atoms with E-state index in [1.165, 1.54) is 32.1 Å². The zero-order chi connectivity index (χ0) is 28.3. The van der Waals surface area contributed by atoms with Crippen LogP contribution < -0.4 is 5.32 Å². The topological polar surface area (TPSA) is 95.8 Å². The Hall–Kier alpha value is -3.65. The van der Waals surface area contributed by atoms with Crippen LogP contribution in [0.25, 0.3) is 44.8 Å². The van der Waals surface area contributed by atoms with Crippen molar-refractivity contribution in [1.29, 1.82) is 0 Å². The van der Waals surface area contributed by atoms with Crippen molar-refractivity contribution in [2.75, 3.05) is 6.54 Å². The van der Waals surface area contributed by atoms with E-state index in [2.05, 4.69) is 38.3 Å². The molecular formula is C32H31Cl2N5O2. The second kappa shape index (κ2) is 12.1. The number of nitrogens with one attached hydrogen (secondary N) is 2. The summed E-state index contributed by atoms with van der Waals surface area (Å²) in [5.41, 5.74) is 6.65. The number of hydrogen-bond donors (Lipinski definition) is 3. The summed E-state index contributed by atoms with van der Waals surface area (Å²) in [6.45, 7) is 1.74. The largest absolute Gasteiger partial charge is 0.478 e. The van der Waals surface area contributed by atoms with Gasteiger partial charge in [0.1, 0.15) is 5.82 Å². The van der Waals surface area contributed by atoms with Crippen LogP contribution in [0.4, 0.5) is 0 Å². The van der Waals surface area contributed by atoms with Crippen molar-refractivity contribution in [3.63, 3.8) is 0 Å². The molecular weight excluding hydrogens is 557 g/mol. The van der Waals surface area contributed by atoms with Crippen molar-refractivity contribution in [3.05, 3.63) is 82.5 Å². The van der Waals surface area contributed by atoms with E-state index < -0.39 is 5.97 Å². The Kier molecular flexibility index (Phi) is 8.10. The molecule has 1 saturated carbocycles. The van der Waals surface area contributed by atoms with Crippen LogP contribution >= 0.6 is 23.2 Å². The zero-order valence-corrected chi connectivity index (χ0v) is 24.0. The lowest BCUT2D eigenvalue weighted by Crippen LogP contribution is -2.32. The number of carboxylic acid groups (broad SMARTS) is 1. The number of halogens is 2. The Labute approximate surface area is 248 Å². The number of rotatable bonds is 9. The van der Waals surface area contributed by atoms with Crippen LogP contribution in [0.15, 0.2) is 66.9 Å². The fourth-order valence-electron chi connectivity index (χ4n) is 5.72. The molecule has 0 amide bonds. The van der Waals surface area contributed by atoms with Crippen molar-refractivity contribution in [2.45, 2.75) is 51.1 Å². The lowest BCUT2D eigenvalue weighted by Gasteiger charge is -2.23. The molecule has 6 rings (SSSR count). The van der Waals surface area contributed by atoms with Gasteiger partial charge in [-0.25, -0.2) is 9.78 Å². The number of fused-ring (bicyclic) bond motifs is 1. The Morgan fingerprint density at radius 3 is 2.46 bits per heavy atom. The summed E-state index contributed by atoms with van der Waals surface area (Å²) in [7, 11) is 0. The van der Waals surface area contributed by atoms with Gasteiger partial charge in [0.2, 0.25) is 0 Å². The third-order valence-corrected chi connectivity index (χ3v) is 8.64. The van der Waals surface area contributed by atoms with Crippen molar-refractivity contribution in [1.82, 2.24) is 25.1 Å². The molecule has 0 radical (unpaired) electrons. The quantitative estimate of drug-likeness (QED) is 0.151. The molecule has 3 N–H and O–H groups in total. The van der Waals surface area contributed by atoms with E-state index in [1.807, 2.05) is 24.3 Å². The molecule has 1 aliphatic carbocycles. The number of aryl methyl sites for hydroxylation is 1. The van der Waals surface area contributed by atoms with E-state index in [0.717, 1.165) is 64.3 Å². The molecule has 0 bridgehead atoms. The molecule has 2 aromatic heterocycles. The van der Waals surface area contributed by atoms with E-state index in [0.29, 0.717) is 16.1 Å². The van der Waals surface area contributed by atoms with Gasteiger partial charge in [-0.05, 0) is 73.3 Å². The van der Waals surface area contributed by atoms with Crippen LogP contribution in [0, 0.1) is 0 Å². The molecule has 210 valence electrons. The summed E-state index contributed by atoms with van der Waals surface area (Å²) in [6.07, 6.45) is 9.27. The van der Waals surface area contributed by atoms with Gasteiger partial charge in [-0.2, -0.15) is 5.10 Å². The van der Waals surface area contributed by atoms with Crippen LogP contribution in [-0.2, 0) is 6.54 Å². The Balaban J connectivity index is 1.36. The summed E-state index contributed by atoms with van der Waals surface area (Å²) in [5, 5.41) is 21.5. The molecule has 0 unspecified atom stereocenters. The number of hydrogen-bond acceptors (Lipinski definition) is 4. The average molecular weight is 589 g/mol. The van der Waals surface area contributed by atoms with E-state index >= 15 is 0 Å². The van der Waals surface area contributed by atoms with Gasteiger partial charge in [-0.1, -0.05) is 66.7 Å². The molecule has 9 heteroatoms. The minimum Gasteiger partial charge on any atom is -0.478 e. The minimum absolute atomic E-state index is 0.262. The van der Waals surface area contributed by atoms with Crippen LogP contribution in [0.5, 0.6) is 0 Å². The number of imidazole rings is 1. The first-order chi connectivity index (χ1) is 20.0. The Morgan fingerprint density at radius 1 is 0.951 bits per heavy atom. The highest BCUT2D eigenvalue weighted by atomic mass is 35.5. The summed E-state index contributed by atoms with van der Waals surface area (Å²) < 4.78 is 2.26. The molecule has 5 aromatic rings. The standard InChI is InChI=1S/C32H31Cl2N5O2/c33-26-13-11-23(17-27(26)34)30-25(19-36-38-30)31-37-28-18-22(20-7-9-21(10-8-20)32(40)41)12-14-29(28)39(31)16-4-15-35-24-5-2-1-3-6-24/h7-14,17-19,24,35H,1-6,15-16H2,(H,36,38)(H,40,41). The van der Waals surface area contributed by atoms with E-state index in [-0.39, 0.29) is 5.56 Å². The van der Waals surface area contributed by atoms with E-state index in [9.17, 15) is 9.90 Å². The third-order valence-electron chi connectivity index (χ3n) is 7.90. The van der Waals surface area contributed by atoms with Crippen molar-refractivity contribution >= 4 is 40.2 Å². The number of aromatic carboxylic acids is 1. The van der Waals surface area contributed by atoms with Crippen LogP contribution in [0.2, 0.25) is 10.0 Å². The predicted molar refractivity (Wildman–Crippen MR) is 165 cm³/mol. The zero-order valence-electron chi connectivity index (χ0n) is 22.5. The molecule has 0 saturated heterocycles. The fraction of sp³-hybridized carbons (Fsp3) is 0.281. The molecule has 3 aromatic carbocycles. The number of carbonyl (C=O) groups is 1. The monoisotopic (exact) mass is 587 g/mol. The predicted octanol–water partition coefficient (Wildman–Crippen LogP) is 8.08. The normalized spacial score (nSPS) is 14.1. The highest BCUT2D eigenvalue weighted by Gasteiger charge is 2.20. The van der Waals surface area contributed by atoms with Crippen LogP contribution in [0.1, 0.15) is 48.9 Å². The lowest BCUT2D eigenvalue weighted by molar-refractivity contribution is 0.0697. The summed E-state index contributed by atoms with van der Waals surface area (Å²) in [4.78, 5) is 16.4. The molecule has 0 atom stereocenters. The smallest absolute Gasteiger partial charge is 0.335 e. The van der Waals surface area contributed by atoms with Crippen LogP contribution in [-0.4, -0.2) is 43.4 Å². The van der Waals surface area contributed by atoms with E-state index in [4.69, 9.17) is 28.2 Å². The first kappa shape index (κ1) is 27.5. The molecule has 41 heavy (non-hydrogen) atoms. The van der Waals surface area contributed by atoms with Gasteiger partial charge in [0.25, 0.3) is 0 Å². The SMILES string of the molecule is O=C(O)c1ccc(-c2ccc3c(c2)nc(-c2cn[nH]c2-c2ccc(Cl)c(Cl)c2)n3CCCNC2CCCCC2)cc1. The summed E-state index contributed by atoms with van der Waals surface area (Å²) in [5.74, 6) is -0.114. The van der Waals surface area contributed by atoms with Gasteiger partial charge >= 0.3 is 5.97 Å². The summed E-state index contributed by atoms with van der Waals surface area (Å²) >= 11 is 12.5. The fourth-order valence-corrected chi connectivity index (χ4v) is 6.02. The molecule has 7 nitrogen and oxygen atoms in total. The molecule has 1 fully saturated rings. The van der Waals surface area contributed by atoms with Gasteiger partial charge in [-0.3, -0.25) is 5.10 Å². The van der Waals surface area contributed by atoms with Crippen molar-refractivity contribution in [2.24, 2.45) is 0 Å². The molecule has 0 aliphatic heterocycles. The number of carboxylic acids is 1. The minimum atomic E-state index is -0.939. The maximum absolute atomic E-state index is 11.3.